The van der Waals surface area contributed by atoms with Gasteiger partial charge in [-0.05, 0) is 92.3 Å². The Labute approximate surface area is 186 Å². The van der Waals surface area contributed by atoms with E-state index in [1.807, 2.05) is 32.9 Å². The van der Waals surface area contributed by atoms with Gasteiger partial charge in [0.15, 0.2) is 0 Å². The summed E-state index contributed by atoms with van der Waals surface area (Å²) < 4.78 is 34.5. The van der Waals surface area contributed by atoms with E-state index in [-0.39, 0.29) is 17.7 Å². The van der Waals surface area contributed by atoms with E-state index in [9.17, 15) is 13.6 Å². The van der Waals surface area contributed by atoms with Crippen LogP contribution in [0.3, 0.4) is 0 Å². The summed E-state index contributed by atoms with van der Waals surface area (Å²) in [7, 11) is 0. The Hall–Kier alpha value is -2.73. The molecule has 3 N–H and O–H groups in total. The number of aryl methyl sites for hydroxylation is 2. The maximum Gasteiger partial charge on any atom is 0.255 e. The van der Waals surface area contributed by atoms with Gasteiger partial charge >= 0.3 is 0 Å². The maximum absolute atomic E-state index is 14.0. The molecule has 1 aromatic heterocycles. The molecule has 4 rings (SSSR count). The lowest BCUT2D eigenvalue weighted by atomic mass is 9.64. The number of H-pyrrole nitrogens is 1. The smallest absolute Gasteiger partial charge is 0.255 e. The quantitative estimate of drug-likeness (QED) is 0.557. The number of ether oxygens (including phenoxy) is 1. The summed E-state index contributed by atoms with van der Waals surface area (Å²) in [4.78, 5) is 14.9. The van der Waals surface area contributed by atoms with Gasteiger partial charge in [-0.1, -0.05) is 6.92 Å². The lowest BCUT2D eigenvalue weighted by Crippen LogP contribution is -2.49. The van der Waals surface area contributed by atoms with Crippen LogP contribution in [0.25, 0.3) is 10.8 Å². The molecule has 1 heterocycles. The average molecular weight is 441 g/mol. The Balaban J connectivity index is 1.61. The second-order valence-corrected chi connectivity index (χ2v) is 9.06. The first-order valence-corrected chi connectivity index (χ1v) is 11.3. The first-order chi connectivity index (χ1) is 15.2. The Morgan fingerprint density at radius 2 is 1.78 bits per heavy atom. The van der Waals surface area contributed by atoms with Crippen molar-refractivity contribution < 1.29 is 13.5 Å². The van der Waals surface area contributed by atoms with E-state index in [1.165, 1.54) is 12.1 Å². The summed E-state index contributed by atoms with van der Waals surface area (Å²) in [6.07, 6.45) is 5.21. The zero-order chi connectivity index (χ0) is 23.0. The molecule has 4 nitrogen and oxygen atoms in total. The molecule has 6 heteroatoms. The Bertz CT molecular complexity index is 1180. The minimum atomic E-state index is -0.571. The fourth-order valence-electron chi connectivity index (χ4n) is 5.34. The normalized spacial score (nSPS) is 22.1. The number of aromatic amines is 1. The van der Waals surface area contributed by atoms with E-state index in [0.29, 0.717) is 23.8 Å². The fourth-order valence-corrected chi connectivity index (χ4v) is 5.34. The number of halogens is 2. The molecule has 0 amide bonds. The van der Waals surface area contributed by atoms with Gasteiger partial charge in [-0.2, -0.15) is 0 Å². The van der Waals surface area contributed by atoms with Crippen LogP contribution >= 0.6 is 0 Å². The molecular formula is C26H30F2N2O2. The van der Waals surface area contributed by atoms with E-state index >= 15 is 0 Å². The second kappa shape index (κ2) is 8.66. The van der Waals surface area contributed by atoms with Gasteiger partial charge in [0.25, 0.3) is 5.56 Å². The lowest BCUT2D eigenvalue weighted by molar-refractivity contribution is 0.102. The number of nitrogens with one attached hydrogen (secondary N) is 1. The zero-order valence-corrected chi connectivity index (χ0v) is 18.8. The summed E-state index contributed by atoms with van der Waals surface area (Å²) in [6.45, 7) is 5.93. The molecule has 32 heavy (non-hydrogen) atoms. The SMILES string of the molecule is CCC(N)[C@]1(c2cc(F)cc(F)c2)CC[C@H](Oc2c(C)cc3c(=O)[nH]ccc3c2C)CC1. The molecule has 3 aromatic rings. The Morgan fingerprint density at radius 1 is 1.12 bits per heavy atom. The molecule has 0 spiro atoms. The van der Waals surface area contributed by atoms with Crippen LogP contribution < -0.4 is 16.0 Å². The molecule has 1 fully saturated rings. The van der Waals surface area contributed by atoms with Gasteiger partial charge in [0.05, 0.1) is 6.10 Å². The third-order valence-corrected chi connectivity index (χ3v) is 7.16. The zero-order valence-electron chi connectivity index (χ0n) is 18.8. The van der Waals surface area contributed by atoms with E-state index in [0.717, 1.165) is 47.6 Å². The van der Waals surface area contributed by atoms with Gasteiger partial charge in [0.1, 0.15) is 17.4 Å². The summed E-state index contributed by atoms with van der Waals surface area (Å²) in [6, 6.07) is 7.32. The second-order valence-electron chi connectivity index (χ2n) is 9.06. The first-order valence-electron chi connectivity index (χ1n) is 11.3. The van der Waals surface area contributed by atoms with Crippen molar-refractivity contribution in [1.82, 2.24) is 4.98 Å². The number of pyridine rings is 1. The highest BCUT2D eigenvalue weighted by Gasteiger charge is 2.42. The van der Waals surface area contributed by atoms with Crippen molar-refractivity contribution in [3.8, 4) is 5.75 Å². The van der Waals surface area contributed by atoms with Crippen molar-refractivity contribution in [1.29, 1.82) is 0 Å². The molecule has 0 bridgehead atoms. The topological polar surface area (TPSA) is 68.1 Å². The maximum atomic E-state index is 14.0. The molecule has 0 aliphatic heterocycles. The largest absolute Gasteiger partial charge is 0.490 e. The molecule has 1 atom stereocenters. The van der Waals surface area contributed by atoms with Crippen molar-refractivity contribution in [2.24, 2.45) is 5.73 Å². The average Bonchev–Trinajstić information content (AvgIpc) is 2.76. The van der Waals surface area contributed by atoms with E-state index in [1.54, 1.807) is 6.20 Å². The van der Waals surface area contributed by atoms with Crippen LogP contribution in [0.2, 0.25) is 0 Å². The number of benzene rings is 2. The van der Waals surface area contributed by atoms with Gasteiger partial charge in [-0.25, -0.2) is 8.78 Å². The van der Waals surface area contributed by atoms with Gasteiger partial charge in [0.2, 0.25) is 0 Å². The number of aromatic nitrogens is 1. The predicted molar refractivity (Wildman–Crippen MR) is 123 cm³/mol. The monoisotopic (exact) mass is 440 g/mol. The highest BCUT2D eigenvalue weighted by atomic mass is 19.1. The fraction of sp³-hybridized carbons (Fsp3) is 0.423. The summed E-state index contributed by atoms with van der Waals surface area (Å²) in [5.41, 5.74) is 8.43. The van der Waals surface area contributed by atoms with Crippen molar-refractivity contribution in [2.75, 3.05) is 0 Å². The Morgan fingerprint density at radius 3 is 2.41 bits per heavy atom. The van der Waals surface area contributed by atoms with Crippen molar-refractivity contribution in [3.05, 3.63) is 75.2 Å². The van der Waals surface area contributed by atoms with Crippen molar-refractivity contribution in [3.63, 3.8) is 0 Å². The van der Waals surface area contributed by atoms with Crippen molar-refractivity contribution in [2.45, 2.75) is 70.4 Å². The number of hydrogen-bond acceptors (Lipinski definition) is 3. The molecule has 1 aliphatic rings. The predicted octanol–water partition coefficient (Wildman–Crippen LogP) is 5.42. The van der Waals surface area contributed by atoms with Crippen LogP contribution in [0.1, 0.15) is 55.7 Å². The van der Waals surface area contributed by atoms with Gasteiger partial charge in [0, 0.05) is 29.1 Å². The molecule has 1 unspecified atom stereocenters. The van der Waals surface area contributed by atoms with Gasteiger partial charge < -0.3 is 15.5 Å². The number of rotatable bonds is 5. The van der Waals surface area contributed by atoms with Crippen LogP contribution in [0, 0.1) is 25.5 Å². The lowest BCUT2D eigenvalue weighted by Gasteiger charge is -2.44. The molecule has 0 saturated heterocycles. The van der Waals surface area contributed by atoms with E-state index in [4.69, 9.17) is 10.5 Å². The van der Waals surface area contributed by atoms with Gasteiger partial charge in [-0.15, -0.1) is 0 Å². The van der Waals surface area contributed by atoms with Crippen LogP contribution in [0.15, 0.2) is 41.3 Å². The molecule has 2 aromatic carbocycles. The third-order valence-electron chi connectivity index (χ3n) is 7.16. The highest BCUT2D eigenvalue weighted by molar-refractivity contribution is 5.87. The minimum absolute atomic E-state index is 0.0255. The molecule has 1 saturated carbocycles. The number of nitrogens with two attached hydrogens (primary N) is 1. The standard InChI is InChI=1S/C26H30F2N2O2/c1-4-23(29)26(17-12-18(27)14-19(28)13-17)8-5-20(6-9-26)32-24-15(2)11-22-21(16(24)3)7-10-30-25(22)31/h7,10-14,20,23H,4-6,8-9,29H2,1-3H3,(H,30,31)/t20-,23?,26+. The first kappa shape index (κ1) is 22.5. The van der Waals surface area contributed by atoms with Crippen LogP contribution in [0.5, 0.6) is 5.75 Å². The Kier molecular flexibility index (Phi) is 6.08. The molecular weight excluding hydrogens is 410 g/mol. The molecule has 170 valence electrons. The van der Waals surface area contributed by atoms with Crippen molar-refractivity contribution >= 4 is 10.8 Å². The molecule has 0 radical (unpaired) electrons. The number of hydrogen-bond donors (Lipinski definition) is 2. The molecule has 1 aliphatic carbocycles. The summed E-state index contributed by atoms with van der Waals surface area (Å²) in [5, 5.41) is 1.53. The summed E-state index contributed by atoms with van der Waals surface area (Å²) >= 11 is 0. The van der Waals surface area contributed by atoms with Crippen LogP contribution in [-0.2, 0) is 5.41 Å². The van der Waals surface area contributed by atoms with E-state index in [2.05, 4.69) is 4.98 Å². The van der Waals surface area contributed by atoms with Gasteiger partial charge in [-0.3, -0.25) is 4.79 Å². The third kappa shape index (κ3) is 3.92. The van der Waals surface area contributed by atoms with E-state index < -0.39 is 17.0 Å². The number of fused-ring (bicyclic) bond motifs is 1. The summed E-state index contributed by atoms with van der Waals surface area (Å²) in [5.74, 6) is -0.339. The van der Waals surface area contributed by atoms with Crippen LogP contribution in [0.4, 0.5) is 8.78 Å². The highest BCUT2D eigenvalue weighted by Crippen LogP contribution is 2.44. The minimum Gasteiger partial charge on any atom is -0.490 e. The van der Waals surface area contributed by atoms with Crippen LogP contribution in [-0.4, -0.2) is 17.1 Å².